The van der Waals surface area contributed by atoms with E-state index in [4.69, 9.17) is 4.74 Å². The first-order chi connectivity index (χ1) is 15.9. The van der Waals surface area contributed by atoms with Crippen LogP contribution in [0.4, 0.5) is 15.8 Å². The van der Waals surface area contributed by atoms with E-state index in [0.29, 0.717) is 17.0 Å². The van der Waals surface area contributed by atoms with Crippen LogP contribution in [0.5, 0.6) is 5.75 Å². The number of nitro groups is 1. The number of anilines is 1. The molecule has 1 aliphatic heterocycles. The van der Waals surface area contributed by atoms with Gasteiger partial charge in [0.05, 0.1) is 24.2 Å². The van der Waals surface area contributed by atoms with Gasteiger partial charge in [0, 0.05) is 23.4 Å². The summed E-state index contributed by atoms with van der Waals surface area (Å²) < 4.78 is 19.3. The van der Waals surface area contributed by atoms with Gasteiger partial charge in [-0.1, -0.05) is 18.2 Å². The van der Waals surface area contributed by atoms with Crippen LogP contribution in [0.15, 0.2) is 78.5 Å². The molecule has 33 heavy (non-hydrogen) atoms. The molecule has 1 N–H and O–H groups in total. The van der Waals surface area contributed by atoms with Crippen molar-refractivity contribution in [2.24, 2.45) is 0 Å². The van der Waals surface area contributed by atoms with Crippen molar-refractivity contribution in [1.29, 1.82) is 0 Å². The van der Waals surface area contributed by atoms with Gasteiger partial charge in [0.15, 0.2) is 0 Å². The summed E-state index contributed by atoms with van der Waals surface area (Å²) >= 11 is 0. The van der Waals surface area contributed by atoms with Gasteiger partial charge in [0.25, 0.3) is 17.5 Å². The van der Waals surface area contributed by atoms with Gasteiger partial charge in [-0.15, -0.1) is 0 Å². The number of halogens is 1. The van der Waals surface area contributed by atoms with Gasteiger partial charge >= 0.3 is 0 Å². The van der Waals surface area contributed by atoms with Crippen LogP contribution >= 0.6 is 0 Å². The van der Waals surface area contributed by atoms with Crippen molar-refractivity contribution in [3.63, 3.8) is 0 Å². The van der Waals surface area contributed by atoms with Gasteiger partial charge in [-0.3, -0.25) is 24.6 Å². The van der Waals surface area contributed by atoms with Crippen molar-refractivity contribution in [2.45, 2.75) is 6.54 Å². The Hall–Kier alpha value is -4.53. The quantitative estimate of drug-likeness (QED) is 0.332. The predicted octanol–water partition coefficient (Wildman–Crippen LogP) is 4.13. The van der Waals surface area contributed by atoms with E-state index in [1.165, 1.54) is 49.6 Å². The molecule has 0 saturated carbocycles. The van der Waals surface area contributed by atoms with Crippen LogP contribution in [0.3, 0.4) is 0 Å². The van der Waals surface area contributed by atoms with E-state index in [1.54, 1.807) is 30.3 Å². The molecule has 0 spiro atoms. The average molecular weight is 447 g/mol. The summed E-state index contributed by atoms with van der Waals surface area (Å²) in [6.45, 7) is -0.255. The smallest absolute Gasteiger partial charge is 0.278 e. The van der Waals surface area contributed by atoms with E-state index in [-0.39, 0.29) is 29.1 Å². The van der Waals surface area contributed by atoms with Crippen molar-refractivity contribution >= 4 is 28.8 Å². The van der Waals surface area contributed by atoms with Crippen molar-refractivity contribution in [3.05, 3.63) is 106 Å². The summed E-state index contributed by atoms with van der Waals surface area (Å²) in [5.74, 6) is -1.19. The molecule has 0 aliphatic carbocycles. The molecule has 0 fully saturated rings. The number of nitrogens with zero attached hydrogens (tertiary/aromatic N) is 2. The maximum atomic E-state index is 14.2. The van der Waals surface area contributed by atoms with E-state index in [0.717, 1.165) is 4.90 Å². The number of carbonyl (C=O) groups is 2. The fraction of sp³-hybridized carbons (Fsp3) is 0.0833. The minimum absolute atomic E-state index is 0.00430. The van der Waals surface area contributed by atoms with E-state index >= 15 is 0 Å². The van der Waals surface area contributed by atoms with Crippen LogP contribution < -0.4 is 10.1 Å². The van der Waals surface area contributed by atoms with Crippen LogP contribution in [0, 0.1) is 15.9 Å². The fourth-order valence-corrected chi connectivity index (χ4v) is 3.47. The number of ether oxygens (including phenoxy) is 1. The third kappa shape index (κ3) is 4.29. The van der Waals surface area contributed by atoms with E-state index in [9.17, 15) is 24.1 Å². The molecule has 4 rings (SSSR count). The molecular formula is C24H18FN3O5. The van der Waals surface area contributed by atoms with Gasteiger partial charge in [0.2, 0.25) is 0 Å². The number of benzene rings is 3. The molecule has 3 aromatic rings. The van der Waals surface area contributed by atoms with Crippen LogP contribution in [0.25, 0.3) is 5.57 Å². The number of hydrogen-bond donors (Lipinski definition) is 1. The van der Waals surface area contributed by atoms with Gasteiger partial charge in [0.1, 0.15) is 17.3 Å². The first-order valence-electron chi connectivity index (χ1n) is 9.89. The minimum atomic E-state index is -0.632. The number of rotatable bonds is 7. The lowest BCUT2D eigenvalue weighted by atomic mass is 10.0. The summed E-state index contributed by atoms with van der Waals surface area (Å²) in [7, 11) is 1.53. The zero-order chi connectivity index (χ0) is 23.5. The maximum Gasteiger partial charge on any atom is 0.278 e. The highest BCUT2D eigenvalue weighted by Crippen LogP contribution is 2.33. The lowest BCUT2D eigenvalue weighted by Gasteiger charge is -2.16. The summed E-state index contributed by atoms with van der Waals surface area (Å²) in [5.41, 5.74) is 0.930. The second-order valence-electron chi connectivity index (χ2n) is 7.20. The Balaban J connectivity index is 1.74. The highest BCUT2D eigenvalue weighted by atomic mass is 19.1. The van der Waals surface area contributed by atoms with E-state index in [2.05, 4.69) is 5.32 Å². The number of nitrogens with one attached hydrogen (secondary N) is 1. The maximum absolute atomic E-state index is 14.2. The number of non-ortho nitro benzene ring substituents is 1. The Kier molecular flexibility index (Phi) is 5.86. The van der Waals surface area contributed by atoms with E-state index in [1.807, 2.05) is 0 Å². The zero-order valence-electron chi connectivity index (χ0n) is 17.4. The monoisotopic (exact) mass is 447 g/mol. The highest BCUT2D eigenvalue weighted by molar-refractivity contribution is 6.36. The normalized spacial score (nSPS) is 13.5. The van der Waals surface area contributed by atoms with Crippen LogP contribution in [0.1, 0.15) is 11.1 Å². The molecule has 3 aromatic carbocycles. The van der Waals surface area contributed by atoms with Crippen LogP contribution in [0.2, 0.25) is 0 Å². The number of nitro benzene ring substituents is 1. The topological polar surface area (TPSA) is 102 Å². The molecule has 0 saturated heterocycles. The zero-order valence-corrected chi connectivity index (χ0v) is 17.4. The standard InChI is InChI=1S/C24H18FN3O5/c1-33-19-12-8-17(9-13-19)26-22-21(15-6-10-18(11-7-15)28(31)32)23(29)27(24(22)30)14-16-4-2-3-5-20(16)25/h2-13,26H,14H2,1H3. The Labute approximate surface area is 188 Å². The predicted molar refractivity (Wildman–Crippen MR) is 119 cm³/mol. The first kappa shape index (κ1) is 21.7. The van der Waals surface area contributed by atoms with Crippen molar-refractivity contribution in [3.8, 4) is 5.75 Å². The number of hydrogen-bond acceptors (Lipinski definition) is 6. The van der Waals surface area contributed by atoms with E-state index < -0.39 is 22.6 Å². The molecule has 166 valence electrons. The number of amides is 2. The highest BCUT2D eigenvalue weighted by Gasteiger charge is 2.39. The largest absolute Gasteiger partial charge is 0.497 e. The molecule has 0 atom stereocenters. The van der Waals surface area contributed by atoms with Crippen molar-refractivity contribution in [2.75, 3.05) is 12.4 Å². The fourth-order valence-electron chi connectivity index (χ4n) is 3.47. The number of methoxy groups -OCH3 is 1. The van der Waals surface area contributed by atoms with Crippen LogP contribution in [-0.4, -0.2) is 28.7 Å². The second-order valence-corrected chi connectivity index (χ2v) is 7.20. The van der Waals surface area contributed by atoms with Gasteiger partial charge in [-0.2, -0.15) is 0 Å². The molecule has 2 amide bonds. The van der Waals surface area contributed by atoms with Crippen LogP contribution in [-0.2, 0) is 16.1 Å². The molecule has 0 bridgehead atoms. The van der Waals surface area contributed by atoms with Gasteiger partial charge < -0.3 is 10.1 Å². The Morgan fingerprint density at radius 1 is 0.970 bits per heavy atom. The molecule has 1 aliphatic rings. The third-order valence-corrected chi connectivity index (χ3v) is 5.18. The van der Waals surface area contributed by atoms with Gasteiger partial charge in [-0.25, -0.2) is 4.39 Å². The molecule has 9 heteroatoms. The summed E-state index contributed by atoms with van der Waals surface area (Å²) in [4.78, 5) is 37.9. The number of carbonyl (C=O) groups excluding carboxylic acids is 2. The molecule has 8 nitrogen and oxygen atoms in total. The lowest BCUT2D eigenvalue weighted by Crippen LogP contribution is -2.32. The Morgan fingerprint density at radius 3 is 2.24 bits per heavy atom. The lowest BCUT2D eigenvalue weighted by molar-refractivity contribution is -0.384. The average Bonchev–Trinajstić information content (AvgIpc) is 3.05. The Morgan fingerprint density at radius 2 is 1.64 bits per heavy atom. The second kappa shape index (κ2) is 8.91. The molecule has 0 aromatic heterocycles. The van der Waals surface area contributed by atoms with Crippen molar-refractivity contribution < 1.29 is 23.6 Å². The summed E-state index contributed by atoms with van der Waals surface area (Å²) in [5, 5.41) is 14.0. The molecular weight excluding hydrogens is 429 g/mol. The summed E-state index contributed by atoms with van der Waals surface area (Å²) in [6, 6.07) is 17.9. The van der Waals surface area contributed by atoms with Crippen molar-refractivity contribution in [1.82, 2.24) is 4.90 Å². The number of imide groups is 1. The molecule has 0 unspecified atom stereocenters. The Bertz CT molecular complexity index is 1270. The van der Waals surface area contributed by atoms with Gasteiger partial charge in [-0.05, 0) is 48.0 Å². The molecule has 0 radical (unpaired) electrons. The third-order valence-electron chi connectivity index (χ3n) is 5.18. The first-order valence-corrected chi connectivity index (χ1v) is 9.89. The minimum Gasteiger partial charge on any atom is -0.497 e. The summed E-state index contributed by atoms with van der Waals surface area (Å²) in [6.07, 6.45) is 0. The molecule has 1 heterocycles. The SMILES string of the molecule is COc1ccc(NC2=C(c3ccc([N+](=O)[O-])cc3)C(=O)N(Cc3ccccc3F)C2=O)cc1.